The van der Waals surface area contributed by atoms with Crippen molar-refractivity contribution >= 4 is 5.91 Å². The van der Waals surface area contributed by atoms with Crippen molar-refractivity contribution in [2.75, 3.05) is 19.6 Å². The first kappa shape index (κ1) is 16.9. The van der Waals surface area contributed by atoms with Crippen molar-refractivity contribution in [1.29, 1.82) is 0 Å². The van der Waals surface area contributed by atoms with Gasteiger partial charge in [-0.2, -0.15) is 13.9 Å². The van der Waals surface area contributed by atoms with E-state index < -0.39 is 6.55 Å². The number of alkyl halides is 2. The molecule has 7 heteroatoms. The van der Waals surface area contributed by atoms with Gasteiger partial charge in [0.05, 0.1) is 12.1 Å². The third-order valence-electron chi connectivity index (χ3n) is 4.27. The van der Waals surface area contributed by atoms with E-state index >= 15 is 0 Å². The zero-order chi connectivity index (χ0) is 16.1. The summed E-state index contributed by atoms with van der Waals surface area (Å²) in [5, 5.41) is 10.0. The van der Waals surface area contributed by atoms with E-state index in [0.717, 1.165) is 19.5 Å². The van der Waals surface area contributed by atoms with Gasteiger partial charge in [0, 0.05) is 17.8 Å². The molecule has 1 aromatic heterocycles. The third kappa shape index (κ3) is 4.25. The highest BCUT2D eigenvalue weighted by molar-refractivity contribution is 5.79. The Bertz CT molecular complexity index is 510. The second kappa shape index (κ2) is 7.67. The Morgan fingerprint density at radius 3 is 2.86 bits per heavy atom. The van der Waals surface area contributed by atoms with Gasteiger partial charge in [-0.25, -0.2) is 4.68 Å². The summed E-state index contributed by atoms with van der Waals surface area (Å²) in [4.78, 5) is 12.0. The number of nitrogens with one attached hydrogen (secondary N) is 2. The second-order valence-corrected chi connectivity index (χ2v) is 5.90. The minimum atomic E-state index is -2.67. The van der Waals surface area contributed by atoms with Crippen LogP contribution in [0.1, 0.15) is 42.8 Å². The standard InChI is InChI=1S/C15H24F2N4O/c1-10-13(11(2)21(20-10)15(16)17)8-14(22)19-7-5-12-4-3-6-18-9-12/h12,15,18H,3-9H2,1-2H3,(H,19,22). The molecule has 1 fully saturated rings. The molecule has 0 aliphatic carbocycles. The molecule has 22 heavy (non-hydrogen) atoms. The molecule has 0 saturated carbocycles. The molecule has 1 aliphatic heterocycles. The Labute approximate surface area is 129 Å². The summed E-state index contributed by atoms with van der Waals surface area (Å²) in [6.45, 7) is 3.27. The zero-order valence-electron chi connectivity index (χ0n) is 13.2. The van der Waals surface area contributed by atoms with E-state index in [2.05, 4.69) is 15.7 Å². The van der Waals surface area contributed by atoms with Gasteiger partial charge in [0.1, 0.15) is 0 Å². The fraction of sp³-hybridized carbons (Fsp3) is 0.733. The van der Waals surface area contributed by atoms with Crippen LogP contribution in [0.3, 0.4) is 0 Å². The first-order valence-corrected chi connectivity index (χ1v) is 7.79. The lowest BCUT2D eigenvalue weighted by Gasteiger charge is -2.22. The van der Waals surface area contributed by atoms with E-state index in [1.54, 1.807) is 13.8 Å². The molecule has 124 valence electrons. The number of aromatic nitrogens is 2. The van der Waals surface area contributed by atoms with Gasteiger partial charge in [0.25, 0.3) is 0 Å². The molecule has 5 nitrogen and oxygen atoms in total. The molecule has 1 aliphatic rings. The highest BCUT2D eigenvalue weighted by Crippen LogP contribution is 2.19. The molecule has 0 bridgehead atoms. The van der Waals surface area contributed by atoms with E-state index in [1.165, 1.54) is 12.8 Å². The van der Waals surface area contributed by atoms with E-state index in [4.69, 9.17) is 0 Å². The first-order chi connectivity index (χ1) is 10.5. The molecule has 1 aromatic rings. The minimum Gasteiger partial charge on any atom is -0.356 e. The van der Waals surface area contributed by atoms with Gasteiger partial charge in [-0.3, -0.25) is 4.79 Å². The summed E-state index contributed by atoms with van der Waals surface area (Å²) >= 11 is 0. The fourth-order valence-corrected chi connectivity index (χ4v) is 2.95. The van der Waals surface area contributed by atoms with Crippen molar-refractivity contribution in [3.8, 4) is 0 Å². The molecule has 2 heterocycles. The average Bonchev–Trinajstić information content (AvgIpc) is 2.76. The highest BCUT2D eigenvalue weighted by atomic mass is 19.3. The number of nitrogens with zero attached hydrogens (tertiary/aromatic N) is 2. The van der Waals surface area contributed by atoms with Crippen molar-refractivity contribution in [3.05, 3.63) is 17.0 Å². The zero-order valence-corrected chi connectivity index (χ0v) is 13.2. The number of halogens is 2. The smallest absolute Gasteiger partial charge is 0.333 e. The Balaban J connectivity index is 1.81. The number of amides is 1. The van der Waals surface area contributed by atoms with Crippen LogP contribution < -0.4 is 10.6 Å². The summed E-state index contributed by atoms with van der Waals surface area (Å²) in [6, 6.07) is 0. The number of hydrogen-bond donors (Lipinski definition) is 2. The van der Waals surface area contributed by atoms with Gasteiger partial charge in [0.2, 0.25) is 5.91 Å². The van der Waals surface area contributed by atoms with Crippen LogP contribution in [0.5, 0.6) is 0 Å². The largest absolute Gasteiger partial charge is 0.356 e. The monoisotopic (exact) mass is 314 g/mol. The molecule has 2 N–H and O–H groups in total. The van der Waals surface area contributed by atoms with E-state index in [0.29, 0.717) is 34.1 Å². The number of piperidine rings is 1. The number of aryl methyl sites for hydroxylation is 1. The molecule has 2 rings (SSSR count). The molecule has 1 amide bonds. The van der Waals surface area contributed by atoms with Crippen LogP contribution in [0.25, 0.3) is 0 Å². The molecule has 1 atom stereocenters. The third-order valence-corrected chi connectivity index (χ3v) is 4.27. The molecular weight excluding hydrogens is 290 g/mol. The Kier molecular flexibility index (Phi) is 5.88. The first-order valence-electron chi connectivity index (χ1n) is 7.79. The number of carbonyl (C=O) groups is 1. The van der Waals surface area contributed by atoms with Gasteiger partial charge in [-0.1, -0.05) is 0 Å². The molecular formula is C15H24F2N4O. The summed E-state index contributed by atoms with van der Waals surface area (Å²) in [5.41, 5.74) is 1.45. The molecule has 1 unspecified atom stereocenters. The quantitative estimate of drug-likeness (QED) is 0.844. The van der Waals surface area contributed by atoms with Crippen LogP contribution in [0.2, 0.25) is 0 Å². The van der Waals surface area contributed by atoms with Gasteiger partial charge in [-0.05, 0) is 52.1 Å². The number of rotatable bonds is 6. The molecule has 1 saturated heterocycles. The van der Waals surface area contributed by atoms with E-state index in [9.17, 15) is 13.6 Å². The Morgan fingerprint density at radius 1 is 1.50 bits per heavy atom. The fourth-order valence-electron chi connectivity index (χ4n) is 2.95. The van der Waals surface area contributed by atoms with Gasteiger partial charge in [-0.15, -0.1) is 0 Å². The van der Waals surface area contributed by atoms with E-state index in [-0.39, 0.29) is 12.3 Å². The summed E-state index contributed by atoms with van der Waals surface area (Å²) in [6.07, 6.45) is 3.44. The Morgan fingerprint density at radius 2 is 2.27 bits per heavy atom. The van der Waals surface area contributed by atoms with Crippen molar-refractivity contribution in [2.24, 2.45) is 5.92 Å². The summed E-state index contributed by atoms with van der Waals surface area (Å²) in [7, 11) is 0. The second-order valence-electron chi connectivity index (χ2n) is 5.90. The average molecular weight is 314 g/mol. The van der Waals surface area contributed by atoms with Gasteiger partial charge in [0.15, 0.2) is 0 Å². The highest BCUT2D eigenvalue weighted by Gasteiger charge is 2.19. The SMILES string of the molecule is Cc1nn(C(F)F)c(C)c1CC(=O)NCCC1CCCNC1. The number of carbonyl (C=O) groups excluding carboxylic acids is 1. The predicted molar refractivity (Wildman–Crippen MR) is 79.9 cm³/mol. The van der Waals surface area contributed by atoms with Crippen LogP contribution in [0.4, 0.5) is 8.78 Å². The summed E-state index contributed by atoms with van der Waals surface area (Å²) < 4.78 is 26.2. The predicted octanol–water partition coefficient (Wildman–Crippen LogP) is 1.94. The van der Waals surface area contributed by atoms with Crippen molar-refractivity contribution in [1.82, 2.24) is 20.4 Å². The van der Waals surface area contributed by atoms with Crippen LogP contribution in [-0.2, 0) is 11.2 Å². The summed E-state index contributed by atoms with van der Waals surface area (Å²) in [5.74, 6) is 0.475. The Hall–Kier alpha value is -1.50. The van der Waals surface area contributed by atoms with Crippen LogP contribution in [0.15, 0.2) is 0 Å². The molecule has 0 radical (unpaired) electrons. The van der Waals surface area contributed by atoms with E-state index in [1.807, 2.05) is 0 Å². The maximum atomic E-state index is 12.8. The lowest BCUT2D eigenvalue weighted by atomic mass is 9.96. The van der Waals surface area contributed by atoms with Crippen LogP contribution >= 0.6 is 0 Å². The topological polar surface area (TPSA) is 59.0 Å². The lowest BCUT2D eigenvalue weighted by molar-refractivity contribution is -0.120. The maximum absolute atomic E-state index is 12.8. The van der Waals surface area contributed by atoms with Crippen LogP contribution in [-0.4, -0.2) is 35.3 Å². The maximum Gasteiger partial charge on any atom is 0.333 e. The van der Waals surface area contributed by atoms with Gasteiger partial charge < -0.3 is 10.6 Å². The lowest BCUT2D eigenvalue weighted by Crippen LogP contribution is -2.33. The molecule has 0 aromatic carbocycles. The van der Waals surface area contributed by atoms with Crippen molar-refractivity contribution in [2.45, 2.75) is 46.1 Å². The van der Waals surface area contributed by atoms with Crippen molar-refractivity contribution < 1.29 is 13.6 Å². The minimum absolute atomic E-state index is 0.104. The van der Waals surface area contributed by atoms with Crippen LogP contribution in [0, 0.1) is 19.8 Å². The van der Waals surface area contributed by atoms with Gasteiger partial charge >= 0.3 is 6.55 Å². The van der Waals surface area contributed by atoms with Crippen molar-refractivity contribution in [3.63, 3.8) is 0 Å². The number of hydrogen-bond acceptors (Lipinski definition) is 3. The molecule has 0 spiro atoms. The normalized spacial score (nSPS) is 18.7.